The van der Waals surface area contributed by atoms with Crippen LogP contribution in [-0.4, -0.2) is 39.0 Å². The van der Waals surface area contributed by atoms with Crippen LogP contribution in [0.25, 0.3) is 0 Å². The highest BCUT2D eigenvalue weighted by Crippen LogP contribution is 2.15. The molecule has 0 aliphatic carbocycles. The number of nitrogens with one attached hydrogen (secondary N) is 1. The van der Waals surface area contributed by atoms with Crippen molar-refractivity contribution >= 4 is 0 Å². The van der Waals surface area contributed by atoms with Gasteiger partial charge in [-0.25, -0.2) is 0 Å². The minimum absolute atomic E-state index is 0.558. The summed E-state index contributed by atoms with van der Waals surface area (Å²) in [6.07, 6.45) is 3.58. The van der Waals surface area contributed by atoms with Crippen LogP contribution >= 0.6 is 0 Å². The van der Waals surface area contributed by atoms with Gasteiger partial charge >= 0.3 is 0 Å². The summed E-state index contributed by atoms with van der Waals surface area (Å²) in [4.78, 5) is 0. The summed E-state index contributed by atoms with van der Waals surface area (Å²) in [5, 5.41) is 3.50. The Hall–Kier alpha value is -0.120. The molecule has 1 aliphatic rings. The van der Waals surface area contributed by atoms with Crippen LogP contribution < -0.4 is 5.32 Å². The first-order chi connectivity index (χ1) is 7.34. The van der Waals surface area contributed by atoms with Gasteiger partial charge in [0.15, 0.2) is 0 Å². The van der Waals surface area contributed by atoms with E-state index in [1.54, 1.807) is 0 Å². The molecule has 2 atom stereocenters. The highest BCUT2D eigenvalue weighted by atomic mass is 16.5. The molecule has 0 saturated carbocycles. The molecule has 1 heterocycles. The first-order valence-corrected chi connectivity index (χ1v) is 6.23. The Bertz CT molecular complexity index is 147. The lowest BCUT2D eigenvalue weighted by atomic mass is 10.0. The number of ether oxygens (including phenoxy) is 2. The Balaban J connectivity index is 1.90. The molecule has 0 aromatic rings. The van der Waals surface area contributed by atoms with Crippen LogP contribution in [0, 0.1) is 5.92 Å². The van der Waals surface area contributed by atoms with Crippen LogP contribution in [0.15, 0.2) is 0 Å². The van der Waals surface area contributed by atoms with Crippen LogP contribution in [0.3, 0.4) is 0 Å². The summed E-state index contributed by atoms with van der Waals surface area (Å²) in [5.41, 5.74) is 0. The highest BCUT2D eigenvalue weighted by Gasteiger charge is 2.21. The molecule has 1 saturated heterocycles. The van der Waals surface area contributed by atoms with E-state index in [0.29, 0.717) is 12.0 Å². The Morgan fingerprint density at radius 1 is 1.47 bits per heavy atom. The summed E-state index contributed by atoms with van der Waals surface area (Å²) >= 11 is 0. The van der Waals surface area contributed by atoms with Crippen LogP contribution in [-0.2, 0) is 9.47 Å². The fourth-order valence-corrected chi connectivity index (χ4v) is 1.82. The fraction of sp³-hybridized carbons (Fsp3) is 1.00. The number of unbranched alkanes of at least 4 members (excludes halogenated alkanes) is 1. The molecule has 0 amide bonds. The van der Waals surface area contributed by atoms with E-state index in [0.717, 1.165) is 33.0 Å². The molecular weight excluding hydrogens is 190 g/mol. The first-order valence-electron chi connectivity index (χ1n) is 6.23. The van der Waals surface area contributed by atoms with E-state index in [9.17, 15) is 0 Å². The maximum atomic E-state index is 5.49. The average Bonchev–Trinajstić information content (AvgIpc) is 2.76. The van der Waals surface area contributed by atoms with Crippen LogP contribution in [0.2, 0.25) is 0 Å². The van der Waals surface area contributed by atoms with Crippen LogP contribution in [0.5, 0.6) is 0 Å². The zero-order valence-electron chi connectivity index (χ0n) is 10.1. The lowest BCUT2D eigenvalue weighted by Crippen LogP contribution is -2.36. The quantitative estimate of drug-likeness (QED) is 0.626. The molecule has 15 heavy (non-hydrogen) atoms. The molecule has 0 spiro atoms. The second-order valence-electron chi connectivity index (χ2n) is 4.33. The summed E-state index contributed by atoms with van der Waals surface area (Å²) < 4.78 is 10.9. The van der Waals surface area contributed by atoms with E-state index < -0.39 is 0 Å². The Morgan fingerprint density at radius 2 is 2.33 bits per heavy atom. The van der Waals surface area contributed by atoms with Crippen molar-refractivity contribution in [1.82, 2.24) is 5.32 Å². The van der Waals surface area contributed by atoms with Gasteiger partial charge < -0.3 is 14.8 Å². The Labute approximate surface area is 93.5 Å². The van der Waals surface area contributed by atoms with Gasteiger partial charge in [0, 0.05) is 25.8 Å². The van der Waals surface area contributed by atoms with E-state index >= 15 is 0 Å². The summed E-state index contributed by atoms with van der Waals surface area (Å²) in [7, 11) is 0. The van der Waals surface area contributed by atoms with Crippen molar-refractivity contribution in [3.8, 4) is 0 Å². The van der Waals surface area contributed by atoms with Gasteiger partial charge in [-0.15, -0.1) is 0 Å². The highest BCUT2D eigenvalue weighted by molar-refractivity contribution is 4.75. The molecule has 2 unspecified atom stereocenters. The van der Waals surface area contributed by atoms with Crippen molar-refractivity contribution in [3.63, 3.8) is 0 Å². The fourth-order valence-electron chi connectivity index (χ4n) is 1.82. The van der Waals surface area contributed by atoms with Gasteiger partial charge in [0.25, 0.3) is 0 Å². The van der Waals surface area contributed by atoms with Gasteiger partial charge in [-0.3, -0.25) is 0 Å². The maximum Gasteiger partial charge on any atom is 0.0591 e. The topological polar surface area (TPSA) is 30.5 Å². The normalized spacial score (nSPS) is 23.2. The predicted octanol–water partition coefficient (Wildman–Crippen LogP) is 1.82. The monoisotopic (exact) mass is 215 g/mol. The number of hydrogen-bond donors (Lipinski definition) is 1. The summed E-state index contributed by atoms with van der Waals surface area (Å²) in [5.74, 6) is 0.695. The number of rotatable bonds is 8. The standard InChI is InChI=1S/C12H25NO2/c1-3-4-7-14-9-6-13-11(2)12-5-8-15-10-12/h11-13H,3-10H2,1-2H3. The zero-order chi connectivity index (χ0) is 10.9. The molecule has 1 aliphatic heterocycles. The van der Waals surface area contributed by atoms with Crippen molar-refractivity contribution in [2.75, 3.05) is 33.0 Å². The molecule has 1 rings (SSSR count). The molecule has 90 valence electrons. The molecule has 3 nitrogen and oxygen atoms in total. The van der Waals surface area contributed by atoms with Gasteiger partial charge in [0.1, 0.15) is 0 Å². The molecule has 0 bridgehead atoms. The van der Waals surface area contributed by atoms with Crippen molar-refractivity contribution in [3.05, 3.63) is 0 Å². The molecule has 1 fully saturated rings. The minimum atomic E-state index is 0.558. The summed E-state index contributed by atoms with van der Waals surface area (Å²) in [6.45, 7) is 8.97. The third-order valence-corrected chi connectivity index (χ3v) is 3.03. The van der Waals surface area contributed by atoms with E-state index in [1.807, 2.05) is 0 Å². The SMILES string of the molecule is CCCCOCCNC(C)C1CCOC1. The molecular formula is C12H25NO2. The zero-order valence-corrected chi connectivity index (χ0v) is 10.1. The third-order valence-electron chi connectivity index (χ3n) is 3.03. The second-order valence-corrected chi connectivity index (χ2v) is 4.33. The predicted molar refractivity (Wildman–Crippen MR) is 62.1 cm³/mol. The van der Waals surface area contributed by atoms with Crippen LogP contribution in [0.4, 0.5) is 0 Å². The van der Waals surface area contributed by atoms with E-state index in [2.05, 4.69) is 19.2 Å². The average molecular weight is 215 g/mol. The van der Waals surface area contributed by atoms with Gasteiger partial charge in [-0.2, -0.15) is 0 Å². The minimum Gasteiger partial charge on any atom is -0.381 e. The maximum absolute atomic E-state index is 5.49. The lowest BCUT2D eigenvalue weighted by Gasteiger charge is -2.19. The van der Waals surface area contributed by atoms with E-state index in [4.69, 9.17) is 9.47 Å². The van der Waals surface area contributed by atoms with Gasteiger partial charge in [0.2, 0.25) is 0 Å². The third kappa shape index (κ3) is 5.50. The van der Waals surface area contributed by atoms with Crippen molar-refractivity contribution in [2.24, 2.45) is 5.92 Å². The van der Waals surface area contributed by atoms with Gasteiger partial charge in [0.05, 0.1) is 13.2 Å². The van der Waals surface area contributed by atoms with Crippen molar-refractivity contribution in [1.29, 1.82) is 0 Å². The largest absolute Gasteiger partial charge is 0.381 e. The number of hydrogen-bond acceptors (Lipinski definition) is 3. The smallest absolute Gasteiger partial charge is 0.0591 e. The van der Waals surface area contributed by atoms with E-state index in [-0.39, 0.29) is 0 Å². The van der Waals surface area contributed by atoms with Gasteiger partial charge in [-0.05, 0) is 25.7 Å². The lowest BCUT2D eigenvalue weighted by molar-refractivity contribution is 0.127. The van der Waals surface area contributed by atoms with Crippen molar-refractivity contribution < 1.29 is 9.47 Å². The molecule has 0 aromatic heterocycles. The molecule has 0 aromatic carbocycles. The molecule has 1 N–H and O–H groups in total. The van der Waals surface area contributed by atoms with E-state index in [1.165, 1.54) is 19.3 Å². The first kappa shape index (κ1) is 12.9. The molecule has 0 radical (unpaired) electrons. The van der Waals surface area contributed by atoms with Crippen LogP contribution in [0.1, 0.15) is 33.1 Å². The second kappa shape index (κ2) is 8.08. The van der Waals surface area contributed by atoms with Gasteiger partial charge in [-0.1, -0.05) is 13.3 Å². The summed E-state index contributed by atoms with van der Waals surface area (Å²) in [6, 6.07) is 0.558. The van der Waals surface area contributed by atoms with Crippen molar-refractivity contribution in [2.45, 2.75) is 39.2 Å². The molecule has 3 heteroatoms. The Kier molecular flexibility index (Phi) is 6.98. The Morgan fingerprint density at radius 3 is 3.00 bits per heavy atom.